The molecule has 1 aromatic heterocycles. The molecule has 0 unspecified atom stereocenters. The molecule has 9 heteroatoms. The van der Waals surface area contributed by atoms with Crippen LogP contribution in [0.25, 0.3) is 11.4 Å². The third-order valence-corrected chi connectivity index (χ3v) is 5.46. The van der Waals surface area contributed by atoms with Crippen LogP contribution < -0.4 is 5.32 Å². The van der Waals surface area contributed by atoms with E-state index in [9.17, 15) is 13.6 Å². The van der Waals surface area contributed by atoms with Gasteiger partial charge in [0.25, 0.3) is 0 Å². The number of anilines is 1. The number of thioether (sulfide) groups is 1. The minimum Gasteiger partial charge on any atom is -0.325 e. The molecule has 0 spiro atoms. The maximum Gasteiger partial charge on any atom is 0.234 e. The zero-order chi connectivity index (χ0) is 19.7. The van der Waals surface area contributed by atoms with E-state index in [0.29, 0.717) is 22.2 Å². The predicted octanol–water partition coefficient (Wildman–Crippen LogP) is 4.94. The Morgan fingerprint density at radius 3 is 2.68 bits per heavy atom. The highest BCUT2D eigenvalue weighted by Gasteiger charge is 2.31. The lowest BCUT2D eigenvalue weighted by Gasteiger charge is -2.09. The lowest BCUT2D eigenvalue weighted by molar-refractivity contribution is -0.113. The van der Waals surface area contributed by atoms with Crippen molar-refractivity contribution in [1.29, 1.82) is 0 Å². The van der Waals surface area contributed by atoms with Gasteiger partial charge in [0, 0.05) is 11.7 Å². The minimum atomic E-state index is -0.549. The summed E-state index contributed by atoms with van der Waals surface area (Å²) in [4.78, 5) is 12.2. The average Bonchev–Trinajstić information content (AvgIpc) is 3.43. The van der Waals surface area contributed by atoms with E-state index in [1.54, 1.807) is 18.2 Å². The summed E-state index contributed by atoms with van der Waals surface area (Å²) in [6.07, 6.45) is 1.93. The first-order valence-corrected chi connectivity index (χ1v) is 9.97. The second-order valence-corrected chi connectivity index (χ2v) is 7.70. The quantitative estimate of drug-likeness (QED) is 0.573. The summed E-state index contributed by atoms with van der Waals surface area (Å²) in [6, 6.07) is 10.6. The highest BCUT2D eigenvalue weighted by atomic mass is 35.5. The highest BCUT2D eigenvalue weighted by molar-refractivity contribution is 7.99. The van der Waals surface area contributed by atoms with Gasteiger partial charge in [-0.2, -0.15) is 0 Å². The molecule has 3 aromatic rings. The maximum absolute atomic E-state index is 14.2. The largest absolute Gasteiger partial charge is 0.325 e. The van der Waals surface area contributed by atoms with E-state index in [2.05, 4.69) is 15.5 Å². The van der Waals surface area contributed by atoms with Crippen LogP contribution in [0.1, 0.15) is 18.9 Å². The second kappa shape index (κ2) is 7.89. The molecule has 1 fully saturated rings. The summed E-state index contributed by atoms with van der Waals surface area (Å²) in [5, 5.41) is 11.5. The van der Waals surface area contributed by atoms with Gasteiger partial charge >= 0.3 is 0 Å². The minimum absolute atomic E-state index is 0.0616. The molecule has 4 rings (SSSR count). The average molecular weight is 421 g/mol. The van der Waals surface area contributed by atoms with Crippen LogP contribution in [0.15, 0.2) is 47.6 Å². The fraction of sp³-hybridized carbons (Fsp3) is 0.211. The van der Waals surface area contributed by atoms with Crippen molar-refractivity contribution in [3.63, 3.8) is 0 Å². The number of carbonyl (C=O) groups excluding carboxylic acids is 1. The van der Waals surface area contributed by atoms with Crippen molar-refractivity contribution in [2.45, 2.75) is 24.0 Å². The number of benzene rings is 2. The molecule has 0 bridgehead atoms. The zero-order valence-corrected chi connectivity index (χ0v) is 16.1. The van der Waals surface area contributed by atoms with Gasteiger partial charge in [-0.1, -0.05) is 35.5 Å². The molecule has 1 saturated carbocycles. The predicted molar refractivity (Wildman–Crippen MR) is 104 cm³/mol. The topological polar surface area (TPSA) is 59.8 Å². The number of hydrogen-bond donors (Lipinski definition) is 1. The third kappa shape index (κ3) is 4.02. The van der Waals surface area contributed by atoms with Gasteiger partial charge in [-0.3, -0.25) is 9.36 Å². The van der Waals surface area contributed by atoms with Crippen molar-refractivity contribution < 1.29 is 13.6 Å². The van der Waals surface area contributed by atoms with Gasteiger partial charge in [-0.05, 0) is 43.2 Å². The first kappa shape index (κ1) is 18.9. The van der Waals surface area contributed by atoms with Gasteiger partial charge in [0.05, 0.1) is 16.3 Å². The summed E-state index contributed by atoms with van der Waals surface area (Å²) >= 11 is 6.94. The summed E-state index contributed by atoms with van der Waals surface area (Å²) in [7, 11) is 0. The molecule has 1 amide bonds. The molecule has 0 atom stereocenters. The summed E-state index contributed by atoms with van der Waals surface area (Å²) in [5.41, 5.74) is 0.798. The summed E-state index contributed by atoms with van der Waals surface area (Å²) in [5.74, 6) is -0.650. The van der Waals surface area contributed by atoms with Gasteiger partial charge < -0.3 is 5.32 Å². The monoisotopic (exact) mass is 420 g/mol. The number of amides is 1. The number of hydrogen-bond acceptors (Lipinski definition) is 4. The van der Waals surface area contributed by atoms with Crippen LogP contribution in [0, 0.1) is 11.6 Å². The van der Waals surface area contributed by atoms with Gasteiger partial charge in [0.2, 0.25) is 5.91 Å². The number of carbonyl (C=O) groups is 1. The number of nitrogens with zero attached hydrogens (tertiary/aromatic N) is 3. The molecule has 0 aliphatic heterocycles. The SMILES string of the molecule is O=C(CSc1nnc(-c2ccccc2F)n1C1CC1)Nc1ccc(F)c(Cl)c1. The second-order valence-electron chi connectivity index (χ2n) is 6.35. The van der Waals surface area contributed by atoms with Crippen molar-refractivity contribution in [3.05, 3.63) is 59.1 Å². The highest BCUT2D eigenvalue weighted by Crippen LogP contribution is 2.41. The van der Waals surface area contributed by atoms with E-state index in [1.807, 2.05) is 4.57 Å². The van der Waals surface area contributed by atoms with E-state index < -0.39 is 5.82 Å². The number of nitrogens with one attached hydrogen (secondary N) is 1. The fourth-order valence-electron chi connectivity index (χ4n) is 2.76. The molecular formula is C19H15ClF2N4OS. The molecule has 1 aliphatic rings. The van der Waals surface area contributed by atoms with Crippen LogP contribution in [-0.4, -0.2) is 26.4 Å². The van der Waals surface area contributed by atoms with E-state index in [-0.39, 0.29) is 28.5 Å². The van der Waals surface area contributed by atoms with Crippen molar-refractivity contribution in [2.24, 2.45) is 0 Å². The Labute approximate surface area is 169 Å². The smallest absolute Gasteiger partial charge is 0.234 e. The molecular weight excluding hydrogens is 406 g/mol. The summed E-state index contributed by atoms with van der Waals surface area (Å²) in [6.45, 7) is 0. The molecule has 0 radical (unpaired) electrons. The van der Waals surface area contributed by atoms with Crippen LogP contribution >= 0.6 is 23.4 Å². The Morgan fingerprint density at radius 1 is 1.18 bits per heavy atom. The molecule has 1 N–H and O–H groups in total. The molecule has 144 valence electrons. The van der Waals surface area contributed by atoms with Gasteiger partial charge in [0.1, 0.15) is 11.6 Å². The lowest BCUT2D eigenvalue weighted by atomic mass is 10.2. The van der Waals surface area contributed by atoms with Gasteiger partial charge in [-0.25, -0.2) is 8.78 Å². The zero-order valence-electron chi connectivity index (χ0n) is 14.5. The molecule has 5 nitrogen and oxygen atoms in total. The van der Waals surface area contributed by atoms with E-state index >= 15 is 0 Å². The Balaban J connectivity index is 1.48. The standard InChI is InChI=1S/C19H15ClF2N4OS/c20-14-9-11(5-8-16(14)22)23-17(27)10-28-19-25-24-18(26(19)12-6-7-12)13-3-1-2-4-15(13)21/h1-5,8-9,12H,6-7,10H2,(H,23,27). The van der Waals surface area contributed by atoms with Crippen molar-refractivity contribution in [3.8, 4) is 11.4 Å². The fourth-order valence-corrected chi connectivity index (χ4v) is 3.75. The van der Waals surface area contributed by atoms with Crippen LogP contribution in [0.4, 0.5) is 14.5 Å². The van der Waals surface area contributed by atoms with Crippen LogP contribution in [0.2, 0.25) is 5.02 Å². The Morgan fingerprint density at radius 2 is 1.96 bits per heavy atom. The maximum atomic E-state index is 14.2. The summed E-state index contributed by atoms with van der Waals surface area (Å²) < 4.78 is 29.3. The Kier molecular flexibility index (Phi) is 5.32. The van der Waals surface area contributed by atoms with Crippen LogP contribution in [-0.2, 0) is 4.79 Å². The molecule has 1 aliphatic carbocycles. The number of aromatic nitrogens is 3. The van der Waals surface area contributed by atoms with Gasteiger partial charge in [0.15, 0.2) is 11.0 Å². The van der Waals surface area contributed by atoms with Crippen molar-refractivity contribution >= 4 is 35.0 Å². The van der Waals surface area contributed by atoms with Gasteiger partial charge in [-0.15, -0.1) is 10.2 Å². The van der Waals surface area contributed by atoms with Crippen LogP contribution in [0.5, 0.6) is 0 Å². The normalized spacial score (nSPS) is 13.5. The van der Waals surface area contributed by atoms with Crippen LogP contribution in [0.3, 0.4) is 0 Å². The lowest BCUT2D eigenvalue weighted by Crippen LogP contribution is -2.14. The molecule has 0 saturated heterocycles. The first-order chi connectivity index (χ1) is 13.5. The number of rotatable bonds is 6. The molecule has 1 heterocycles. The van der Waals surface area contributed by atoms with Crippen molar-refractivity contribution in [2.75, 3.05) is 11.1 Å². The first-order valence-electron chi connectivity index (χ1n) is 8.60. The molecule has 2 aromatic carbocycles. The third-order valence-electron chi connectivity index (χ3n) is 4.23. The van der Waals surface area contributed by atoms with Crippen molar-refractivity contribution in [1.82, 2.24) is 14.8 Å². The van der Waals surface area contributed by atoms with E-state index in [0.717, 1.165) is 12.8 Å². The Hall–Kier alpha value is -2.45. The van der Waals surface area contributed by atoms with E-state index in [4.69, 9.17) is 11.6 Å². The Bertz CT molecular complexity index is 1040. The van der Waals surface area contributed by atoms with E-state index in [1.165, 1.54) is 36.0 Å². The number of halogens is 3. The molecule has 28 heavy (non-hydrogen) atoms.